The molecule has 1 heteroatoms. The Morgan fingerprint density at radius 3 is 2.60 bits per heavy atom. The van der Waals surface area contributed by atoms with Crippen LogP contribution in [0.2, 0.25) is 0 Å². The molecule has 0 fully saturated rings. The summed E-state index contributed by atoms with van der Waals surface area (Å²) in [5, 5.41) is 0. The standard InChI is InChI=1S/C14H13N/c1-3-12-6-4-5-7-13(12)14-9-8-11(2)10-15-14/h3-10H,1H2,2H3. The number of aromatic nitrogens is 1. The normalized spacial score (nSPS) is 9.93. The van der Waals surface area contributed by atoms with Gasteiger partial charge < -0.3 is 0 Å². The first-order chi connectivity index (χ1) is 7.31. The fraction of sp³-hybridized carbons (Fsp3) is 0.0714. The molecule has 0 radical (unpaired) electrons. The minimum atomic E-state index is 0.996. The molecular formula is C14H13N. The van der Waals surface area contributed by atoms with Crippen LogP contribution in [0.3, 0.4) is 0 Å². The van der Waals surface area contributed by atoms with Crippen LogP contribution in [0, 0.1) is 6.92 Å². The Hall–Kier alpha value is -1.89. The topological polar surface area (TPSA) is 12.9 Å². The first-order valence-corrected chi connectivity index (χ1v) is 4.96. The van der Waals surface area contributed by atoms with Gasteiger partial charge in [-0.2, -0.15) is 0 Å². The molecule has 0 saturated heterocycles. The van der Waals surface area contributed by atoms with E-state index in [2.05, 4.69) is 23.7 Å². The van der Waals surface area contributed by atoms with Crippen molar-refractivity contribution in [1.29, 1.82) is 0 Å². The lowest BCUT2D eigenvalue weighted by Gasteiger charge is -2.04. The van der Waals surface area contributed by atoms with E-state index in [1.807, 2.05) is 43.5 Å². The van der Waals surface area contributed by atoms with E-state index in [-0.39, 0.29) is 0 Å². The first kappa shape index (κ1) is 9.66. The zero-order chi connectivity index (χ0) is 10.7. The number of rotatable bonds is 2. The smallest absolute Gasteiger partial charge is 0.0708 e. The van der Waals surface area contributed by atoms with E-state index in [1.54, 1.807) is 0 Å². The maximum absolute atomic E-state index is 4.41. The van der Waals surface area contributed by atoms with E-state index in [0.29, 0.717) is 0 Å². The number of pyridine rings is 1. The van der Waals surface area contributed by atoms with Gasteiger partial charge in [-0.1, -0.05) is 43.0 Å². The zero-order valence-corrected chi connectivity index (χ0v) is 8.77. The lowest BCUT2D eigenvalue weighted by molar-refractivity contribution is 1.27. The van der Waals surface area contributed by atoms with E-state index in [1.165, 1.54) is 5.56 Å². The van der Waals surface area contributed by atoms with Crippen LogP contribution < -0.4 is 0 Å². The molecule has 0 bridgehead atoms. The molecule has 0 unspecified atom stereocenters. The second kappa shape index (κ2) is 4.09. The van der Waals surface area contributed by atoms with E-state index >= 15 is 0 Å². The van der Waals surface area contributed by atoms with Crippen molar-refractivity contribution >= 4 is 6.08 Å². The molecular weight excluding hydrogens is 182 g/mol. The Morgan fingerprint density at radius 2 is 1.93 bits per heavy atom. The van der Waals surface area contributed by atoms with E-state index in [4.69, 9.17) is 0 Å². The average Bonchev–Trinajstić information content (AvgIpc) is 2.30. The van der Waals surface area contributed by atoms with Crippen molar-refractivity contribution in [2.45, 2.75) is 6.92 Å². The Kier molecular flexibility index (Phi) is 2.64. The van der Waals surface area contributed by atoms with Crippen molar-refractivity contribution in [3.63, 3.8) is 0 Å². The van der Waals surface area contributed by atoms with Gasteiger partial charge in [-0.3, -0.25) is 4.98 Å². The molecule has 1 aromatic heterocycles. The zero-order valence-electron chi connectivity index (χ0n) is 8.77. The maximum atomic E-state index is 4.41. The summed E-state index contributed by atoms with van der Waals surface area (Å²) in [5.41, 5.74) is 4.42. The highest BCUT2D eigenvalue weighted by atomic mass is 14.7. The summed E-state index contributed by atoms with van der Waals surface area (Å²) in [6.07, 6.45) is 3.74. The van der Waals surface area contributed by atoms with Gasteiger partial charge in [0.2, 0.25) is 0 Å². The van der Waals surface area contributed by atoms with Gasteiger partial charge in [0.05, 0.1) is 5.69 Å². The minimum Gasteiger partial charge on any atom is -0.256 e. The Labute approximate surface area is 90.1 Å². The molecule has 0 aliphatic rings. The quantitative estimate of drug-likeness (QED) is 0.712. The van der Waals surface area contributed by atoms with Crippen LogP contribution in [0.1, 0.15) is 11.1 Å². The Morgan fingerprint density at radius 1 is 1.13 bits per heavy atom. The van der Waals surface area contributed by atoms with Crippen molar-refractivity contribution < 1.29 is 0 Å². The van der Waals surface area contributed by atoms with Gasteiger partial charge in [-0.05, 0) is 24.1 Å². The molecule has 0 atom stereocenters. The van der Waals surface area contributed by atoms with Crippen molar-refractivity contribution in [2.75, 3.05) is 0 Å². The predicted octanol–water partition coefficient (Wildman–Crippen LogP) is 3.70. The molecule has 1 nitrogen and oxygen atoms in total. The van der Waals surface area contributed by atoms with Crippen LogP contribution in [-0.4, -0.2) is 4.98 Å². The van der Waals surface area contributed by atoms with Crippen molar-refractivity contribution in [2.24, 2.45) is 0 Å². The van der Waals surface area contributed by atoms with Crippen LogP contribution in [0.15, 0.2) is 49.2 Å². The molecule has 2 rings (SSSR count). The fourth-order valence-electron chi connectivity index (χ4n) is 1.54. The highest BCUT2D eigenvalue weighted by molar-refractivity contribution is 5.72. The van der Waals surface area contributed by atoms with Gasteiger partial charge in [0, 0.05) is 11.8 Å². The monoisotopic (exact) mass is 195 g/mol. The summed E-state index contributed by atoms with van der Waals surface area (Å²) >= 11 is 0. The minimum absolute atomic E-state index is 0.996. The summed E-state index contributed by atoms with van der Waals surface area (Å²) in [6, 6.07) is 12.2. The summed E-state index contributed by atoms with van der Waals surface area (Å²) in [7, 11) is 0. The van der Waals surface area contributed by atoms with Gasteiger partial charge in [0.25, 0.3) is 0 Å². The predicted molar refractivity (Wildman–Crippen MR) is 64.5 cm³/mol. The Bertz CT molecular complexity index is 469. The maximum Gasteiger partial charge on any atom is 0.0708 e. The SMILES string of the molecule is C=Cc1ccccc1-c1ccc(C)cn1. The highest BCUT2D eigenvalue weighted by Crippen LogP contribution is 2.22. The Balaban J connectivity index is 2.53. The number of hydrogen-bond acceptors (Lipinski definition) is 1. The summed E-state index contributed by atoms with van der Waals surface area (Å²) in [5.74, 6) is 0. The second-order valence-electron chi connectivity index (χ2n) is 3.51. The summed E-state index contributed by atoms with van der Waals surface area (Å²) in [4.78, 5) is 4.41. The molecule has 1 heterocycles. The lowest BCUT2D eigenvalue weighted by atomic mass is 10.0. The van der Waals surface area contributed by atoms with Crippen molar-refractivity contribution in [3.05, 3.63) is 60.3 Å². The molecule has 0 spiro atoms. The van der Waals surface area contributed by atoms with Crippen LogP contribution in [0.25, 0.3) is 17.3 Å². The fourth-order valence-corrected chi connectivity index (χ4v) is 1.54. The molecule has 74 valence electrons. The van der Waals surface area contributed by atoms with Crippen LogP contribution >= 0.6 is 0 Å². The van der Waals surface area contributed by atoms with Crippen LogP contribution in [0.5, 0.6) is 0 Å². The van der Waals surface area contributed by atoms with Gasteiger partial charge in [0.15, 0.2) is 0 Å². The summed E-state index contributed by atoms with van der Waals surface area (Å²) < 4.78 is 0. The molecule has 0 saturated carbocycles. The van der Waals surface area contributed by atoms with Gasteiger partial charge in [0.1, 0.15) is 0 Å². The number of aryl methyl sites for hydroxylation is 1. The van der Waals surface area contributed by atoms with Gasteiger partial charge in [-0.25, -0.2) is 0 Å². The van der Waals surface area contributed by atoms with Gasteiger partial charge in [-0.15, -0.1) is 0 Å². The van der Waals surface area contributed by atoms with Crippen LogP contribution in [-0.2, 0) is 0 Å². The molecule has 0 aliphatic carbocycles. The molecule has 1 aromatic carbocycles. The number of benzene rings is 1. The lowest BCUT2D eigenvalue weighted by Crippen LogP contribution is -1.86. The molecule has 0 N–H and O–H groups in total. The third-order valence-electron chi connectivity index (χ3n) is 2.37. The third kappa shape index (κ3) is 1.96. The largest absolute Gasteiger partial charge is 0.256 e. The number of hydrogen-bond donors (Lipinski definition) is 0. The average molecular weight is 195 g/mol. The van der Waals surface area contributed by atoms with Gasteiger partial charge >= 0.3 is 0 Å². The molecule has 2 aromatic rings. The summed E-state index contributed by atoms with van der Waals surface area (Å²) in [6.45, 7) is 5.84. The van der Waals surface area contributed by atoms with Crippen molar-refractivity contribution in [3.8, 4) is 11.3 Å². The molecule has 15 heavy (non-hydrogen) atoms. The second-order valence-corrected chi connectivity index (χ2v) is 3.51. The van der Waals surface area contributed by atoms with E-state index in [9.17, 15) is 0 Å². The third-order valence-corrected chi connectivity index (χ3v) is 2.37. The van der Waals surface area contributed by atoms with Crippen molar-refractivity contribution in [1.82, 2.24) is 4.98 Å². The van der Waals surface area contributed by atoms with E-state index in [0.717, 1.165) is 16.8 Å². The first-order valence-electron chi connectivity index (χ1n) is 4.96. The van der Waals surface area contributed by atoms with E-state index < -0.39 is 0 Å². The highest BCUT2D eigenvalue weighted by Gasteiger charge is 2.01. The number of nitrogens with zero attached hydrogens (tertiary/aromatic N) is 1. The molecule has 0 aliphatic heterocycles. The van der Waals surface area contributed by atoms with Crippen LogP contribution in [0.4, 0.5) is 0 Å². The molecule has 0 amide bonds.